The van der Waals surface area contributed by atoms with E-state index < -0.39 is 0 Å². The first-order valence-electron chi connectivity index (χ1n) is 8.60. The summed E-state index contributed by atoms with van der Waals surface area (Å²) in [6.07, 6.45) is 0.297. The highest BCUT2D eigenvalue weighted by atomic mass is 35.5. The number of methoxy groups -OCH3 is 1. The van der Waals surface area contributed by atoms with Crippen LogP contribution in [0.1, 0.15) is 23.8 Å². The maximum atomic E-state index is 12.6. The zero-order valence-corrected chi connectivity index (χ0v) is 15.7. The van der Waals surface area contributed by atoms with E-state index in [4.69, 9.17) is 20.9 Å². The van der Waals surface area contributed by atoms with E-state index >= 15 is 0 Å². The summed E-state index contributed by atoms with van der Waals surface area (Å²) in [5.74, 6) is 1.39. The zero-order chi connectivity index (χ0) is 19.0. The normalized spacial score (nSPS) is 16.8. The van der Waals surface area contributed by atoms with E-state index in [2.05, 4.69) is 10.1 Å². The second-order valence-corrected chi connectivity index (χ2v) is 6.93. The van der Waals surface area contributed by atoms with Gasteiger partial charge in [-0.25, -0.2) is 0 Å². The molecule has 2 heterocycles. The van der Waals surface area contributed by atoms with Gasteiger partial charge in [-0.3, -0.25) is 4.79 Å². The van der Waals surface area contributed by atoms with Crippen LogP contribution in [0.25, 0.3) is 11.4 Å². The van der Waals surface area contributed by atoms with Gasteiger partial charge < -0.3 is 14.2 Å². The number of benzene rings is 2. The molecule has 4 rings (SSSR count). The number of anilines is 1. The lowest BCUT2D eigenvalue weighted by atomic mass is 10.1. The molecule has 1 aromatic heterocycles. The van der Waals surface area contributed by atoms with Crippen LogP contribution in [-0.4, -0.2) is 29.7 Å². The van der Waals surface area contributed by atoms with E-state index in [0.29, 0.717) is 41.1 Å². The molecule has 138 valence electrons. The maximum Gasteiger partial charge on any atom is 0.232 e. The van der Waals surface area contributed by atoms with Crippen molar-refractivity contribution in [2.45, 2.75) is 19.3 Å². The lowest BCUT2D eigenvalue weighted by Crippen LogP contribution is -2.24. The Kier molecular flexibility index (Phi) is 4.58. The van der Waals surface area contributed by atoms with Gasteiger partial charge in [0, 0.05) is 23.6 Å². The molecule has 1 atom stereocenters. The van der Waals surface area contributed by atoms with E-state index in [-0.39, 0.29) is 11.8 Å². The van der Waals surface area contributed by atoms with Crippen LogP contribution in [0.4, 0.5) is 5.69 Å². The minimum atomic E-state index is -0.175. The van der Waals surface area contributed by atoms with Crippen molar-refractivity contribution in [3.05, 3.63) is 58.9 Å². The zero-order valence-electron chi connectivity index (χ0n) is 15.0. The van der Waals surface area contributed by atoms with Crippen LogP contribution in [0.5, 0.6) is 5.75 Å². The molecule has 6 nitrogen and oxygen atoms in total. The standard InChI is InChI=1S/C20H18ClN3O3/c1-12-5-3-4-6-15(12)19-22-20(27-23-19)13-9-18(25)24(11-13)16-10-14(21)7-8-17(16)26-2/h3-8,10,13H,9,11H2,1-2H3/t13-/m0/s1. The van der Waals surface area contributed by atoms with Gasteiger partial charge in [0.1, 0.15) is 5.75 Å². The van der Waals surface area contributed by atoms with E-state index in [1.807, 2.05) is 31.2 Å². The first-order valence-corrected chi connectivity index (χ1v) is 8.98. The molecule has 2 aromatic carbocycles. The SMILES string of the molecule is COc1ccc(Cl)cc1N1C[C@@H](c2nc(-c3ccccc3C)no2)CC1=O. The fourth-order valence-electron chi connectivity index (χ4n) is 3.31. The summed E-state index contributed by atoms with van der Waals surface area (Å²) < 4.78 is 10.8. The van der Waals surface area contributed by atoms with Gasteiger partial charge >= 0.3 is 0 Å². The fourth-order valence-corrected chi connectivity index (χ4v) is 3.48. The Morgan fingerprint density at radius 2 is 2.07 bits per heavy atom. The average Bonchev–Trinajstić information content (AvgIpc) is 3.29. The first-order chi connectivity index (χ1) is 13.1. The highest BCUT2D eigenvalue weighted by Gasteiger charge is 2.36. The Labute approximate surface area is 161 Å². The summed E-state index contributed by atoms with van der Waals surface area (Å²) in [6.45, 7) is 2.43. The largest absolute Gasteiger partial charge is 0.495 e. The Balaban J connectivity index is 1.60. The third kappa shape index (κ3) is 3.28. The van der Waals surface area contributed by atoms with Crippen LogP contribution >= 0.6 is 11.6 Å². The molecule has 1 fully saturated rings. The predicted molar refractivity (Wildman–Crippen MR) is 102 cm³/mol. The number of rotatable bonds is 4. The van der Waals surface area contributed by atoms with Crippen molar-refractivity contribution in [2.75, 3.05) is 18.6 Å². The Morgan fingerprint density at radius 1 is 1.26 bits per heavy atom. The molecule has 1 saturated heterocycles. The van der Waals surface area contributed by atoms with Gasteiger partial charge in [-0.2, -0.15) is 4.98 Å². The summed E-state index contributed by atoms with van der Waals surface area (Å²) in [4.78, 5) is 18.8. The second-order valence-electron chi connectivity index (χ2n) is 6.49. The van der Waals surface area contributed by atoms with Crippen LogP contribution in [0.15, 0.2) is 47.0 Å². The molecule has 3 aromatic rings. The Morgan fingerprint density at radius 3 is 2.85 bits per heavy atom. The third-order valence-corrected chi connectivity index (χ3v) is 4.97. The molecule has 0 unspecified atom stereocenters. The minimum absolute atomic E-state index is 0.0313. The molecule has 0 radical (unpaired) electrons. The van der Waals surface area contributed by atoms with Gasteiger partial charge in [0.25, 0.3) is 0 Å². The predicted octanol–water partition coefficient (Wildman–Crippen LogP) is 4.23. The van der Waals surface area contributed by atoms with Gasteiger partial charge in [-0.15, -0.1) is 0 Å². The molecule has 0 spiro atoms. The molecule has 0 bridgehead atoms. The molecule has 1 amide bonds. The molecular weight excluding hydrogens is 366 g/mol. The molecule has 1 aliphatic heterocycles. The monoisotopic (exact) mass is 383 g/mol. The quantitative estimate of drug-likeness (QED) is 0.674. The Bertz CT molecular complexity index is 1000. The van der Waals surface area contributed by atoms with Crippen molar-refractivity contribution in [1.82, 2.24) is 10.1 Å². The van der Waals surface area contributed by atoms with Gasteiger partial charge in [0.05, 0.1) is 18.7 Å². The smallest absolute Gasteiger partial charge is 0.232 e. The minimum Gasteiger partial charge on any atom is -0.495 e. The van der Waals surface area contributed by atoms with Gasteiger partial charge in [0.15, 0.2) is 0 Å². The van der Waals surface area contributed by atoms with Gasteiger partial charge in [0.2, 0.25) is 17.6 Å². The van der Waals surface area contributed by atoms with E-state index in [0.717, 1.165) is 11.1 Å². The first kappa shape index (κ1) is 17.5. The molecule has 27 heavy (non-hydrogen) atoms. The molecule has 0 saturated carbocycles. The molecule has 0 aliphatic carbocycles. The van der Waals surface area contributed by atoms with Crippen molar-refractivity contribution in [2.24, 2.45) is 0 Å². The highest BCUT2D eigenvalue weighted by molar-refractivity contribution is 6.31. The number of hydrogen-bond donors (Lipinski definition) is 0. The number of carbonyl (C=O) groups excluding carboxylic acids is 1. The summed E-state index contributed by atoms with van der Waals surface area (Å²) in [5, 5.41) is 4.64. The summed E-state index contributed by atoms with van der Waals surface area (Å²) in [7, 11) is 1.57. The van der Waals surface area contributed by atoms with E-state index in [9.17, 15) is 4.79 Å². The van der Waals surface area contributed by atoms with Gasteiger partial charge in [-0.1, -0.05) is 41.0 Å². The van der Waals surface area contributed by atoms with Crippen molar-refractivity contribution in [3.8, 4) is 17.1 Å². The third-order valence-electron chi connectivity index (χ3n) is 4.73. The van der Waals surface area contributed by atoms with E-state index in [1.54, 1.807) is 30.2 Å². The van der Waals surface area contributed by atoms with Crippen molar-refractivity contribution >= 4 is 23.2 Å². The molecule has 1 aliphatic rings. The maximum absolute atomic E-state index is 12.6. The molecular formula is C20H18ClN3O3. The average molecular weight is 384 g/mol. The Hall–Kier alpha value is -2.86. The van der Waals surface area contributed by atoms with Gasteiger partial charge in [-0.05, 0) is 30.7 Å². The highest BCUT2D eigenvalue weighted by Crippen LogP contribution is 2.38. The number of amides is 1. The van der Waals surface area contributed by atoms with Crippen molar-refractivity contribution < 1.29 is 14.1 Å². The number of aryl methyl sites for hydroxylation is 1. The number of halogens is 1. The lowest BCUT2D eigenvalue weighted by Gasteiger charge is -2.19. The number of nitrogens with zero attached hydrogens (tertiary/aromatic N) is 3. The summed E-state index contributed by atoms with van der Waals surface area (Å²) >= 11 is 6.10. The van der Waals surface area contributed by atoms with Crippen LogP contribution in [0.3, 0.4) is 0 Å². The van der Waals surface area contributed by atoms with E-state index in [1.165, 1.54) is 0 Å². The van der Waals surface area contributed by atoms with Crippen molar-refractivity contribution in [1.29, 1.82) is 0 Å². The fraction of sp³-hybridized carbons (Fsp3) is 0.250. The number of hydrogen-bond acceptors (Lipinski definition) is 5. The van der Waals surface area contributed by atoms with Crippen LogP contribution in [-0.2, 0) is 4.79 Å². The van der Waals surface area contributed by atoms with Crippen LogP contribution in [0, 0.1) is 6.92 Å². The molecule has 7 heteroatoms. The summed E-state index contributed by atoms with van der Waals surface area (Å²) in [6, 6.07) is 13.1. The lowest BCUT2D eigenvalue weighted by molar-refractivity contribution is -0.117. The number of aromatic nitrogens is 2. The number of carbonyl (C=O) groups is 1. The summed E-state index contributed by atoms with van der Waals surface area (Å²) in [5.41, 5.74) is 2.64. The molecule has 0 N–H and O–H groups in total. The van der Waals surface area contributed by atoms with Crippen LogP contribution in [0.2, 0.25) is 5.02 Å². The second kappa shape index (κ2) is 7.04. The number of ether oxygens (including phenoxy) is 1. The topological polar surface area (TPSA) is 68.5 Å². The van der Waals surface area contributed by atoms with Crippen LogP contribution < -0.4 is 9.64 Å². The van der Waals surface area contributed by atoms with Crippen molar-refractivity contribution in [3.63, 3.8) is 0 Å².